The Morgan fingerprint density at radius 1 is 1.05 bits per heavy atom. The predicted octanol–water partition coefficient (Wildman–Crippen LogP) is 1.74. The molecule has 1 aromatic carbocycles. The van der Waals surface area contributed by atoms with Crippen molar-refractivity contribution in [1.82, 2.24) is 9.97 Å². The molecule has 1 aliphatic rings. The first-order chi connectivity index (χ1) is 10.3. The number of halogens is 1. The zero-order valence-corrected chi connectivity index (χ0v) is 12.3. The Labute approximate surface area is 128 Å². The van der Waals surface area contributed by atoms with Crippen molar-refractivity contribution in [3.63, 3.8) is 0 Å². The topological polar surface area (TPSA) is 70.3 Å². The van der Waals surface area contributed by atoms with Gasteiger partial charge >= 0.3 is 0 Å². The summed E-state index contributed by atoms with van der Waals surface area (Å²) in [6.07, 6.45) is 1.71. The van der Waals surface area contributed by atoms with Crippen LogP contribution in [0.1, 0.15) is 0 Å². The first kappa shape index (κ1) is 13.9. The van der Waals surface area contributed by atoms with E-state index in [2.05, 4.69) is 31.3 Å². The normalized spacial score (nSPS) is 15.1. The second-order valence-corrected chi connectivity index (χ2v) is 5.22. The van der Waals surface area contributed by atoms with Gasteiger partial charge in [0.05, 0.1) is 10.7 Å². The molecule has 0 bridgehead atoms. The zero-order valence-electron chi connectivity index (χ0n) is 11.5. The van der Waals surface area contributed by atoms with Gasteiger partial charge in [-0.1, -0.05) is 23.7 Å². The highest BCUT2D eigenvalue weighted by Crippen LogP contribution is 2.26. The molecule has 0 saturated carbocycles. The maximum atomic E-state index is 6.25. The highest BCUT2D eigenvalue weighted by atomic mass is 35.5. The van der Waals surface area contributed by atoms with Gasteiger partial charge in [0.1, 0.15) is 5.82 Å². The molecule has 0 radical (unpaired) electrons. The molecule has 1 fully saturated rings. The number of hydrazine groups is 1. The monoisotopic (exact) mass is 304 g/mol. The lowest BCUT2D eigenvalue weighted by atomic mass is 10.2. The molecule has 0 spiro atoms. The Balaban J connectivity index is 1.69. The number of nitrogens with zero attached hydrogens (tertiary/aromatic N) is 4. The minimum atomic E-state index is 0.432. The fourth-order valence-electron chi connectivity index (χ4n) is 2.48. The van der Waals surface area contributed by atoms with Gasteiger partial charge in [0.25, 0.3) is 0 Å². The Hall–Kier alpha value is -2.05. The molecule has 0 unspecified atom stereocenters. The van der Waals surface area contributed by atoms with E-state index >= 15 is 0 Å². The van der Waals surface area contributed by atoms with E-state index in [0.29, 0.717) is 5.95 Å². The number of nitrogen functional groups attached to an aromatic ring is 1. The Bertz CT molecular complexity index is 612. The number of hydrogen-bond donors (Lipinski definition) is 2. The van der Waals surface area contributed by atoms with Gasteiger partial charge in [-0.3, -0.25) is 5.43 Å². The summed E-state index contributed by atoms with van der Waals surface area (Å²) in [5, 5.41) is 0.794. The molecule has 3 N–H and O–H groups in total. The van der Waals surface area contributed by atoms with Crippen LogP contribution in [-0.2, 0) is 0 Å². The van der Waals surface area contributed by atoms with E-state index in [1.54, 1.807) is 6.20 Å². The van der Waals surface area contributed by atoms with Gasteiger partial charge in [-0.15, -0.1) is 0 Å². The molecule has 1 aromatic heterocycles. The maximum absolute atomic E-state index is 6.25. The number of piperazine rings is 1. The minimum absolute atomic E-state index is 0.432. The summed E-state index contributed by atoms with van der Waals surface area (Å²) in [4.78, 5) is 12.9. The Morgan fingerprint density at radius 3 is 2.48 bits per heavy atom. The molecule has 0 amide bonds. The molecule has 3 rings (SSSR count). The third-order valence-corrected chi connectivity index (χ3v) is 3.89. The van der Waals surface area contributed by atoms with Crippen LogP contribution >= 0.6 is 11.6 Å². The van der Waals surface area contributed by atoms with Crippen LogP contribution in [0.15, 0.2) is 36.5 Å². The molecule has 2 heterocycles. The second kappa shape index (κ2) is 6.15. The first-order valence-electron chi connectivity index (χ1n) is 6.82. The van der Waals surface area contributed by atoms with E-state index < -0.39 is 0 Å². The molecule has 21 heavy (non-hydrogen) atoms. The molecule has 0 atom stereocenters. The van der Waals surface area contributed by atoms with Gasteiger partial charge in [0.15, 0.2) is 0 Å². The third kappa shape index (κ3) is 3.01. The zero-order chi connectivity index (χ0) is 14.7. The Morgan fingerprint density at radius 2 is 1.76 bits per heavy atom. The van der Waals surface area contributed by atoms with Crippen molar-refractivity contribution < 1.29 is 0 Å². The van der Waals surface area contributed by atoms with Crippen LogP contribution < -0.4 is 21.1 Å². The molecule has 2 aromatic rings. The van der Waals surface area contributed by atoms with Crippen LogP contribution in [0.25, 0.3) is 0 Å². The van der Waals surface area contributed by atoms with Gasteiger partial charge in [-0.25, -0.2) is 10.8 Å². The fraction of sp³-hybridized carbons (Fsp3) is 0.286. The summed E-state index contributed by atoms with van der Waals surface area (Å²) in [5.41, 5.74) is 3.56. The van der Waals surface area contributed by atoms with Crippen LogP contribution in [0, 0.1) is 0 Å². The quantitative estimate of drug-likeness (QED) is 0.665. The van der Waals surface area contributed by atoms with E-state index in [4.69, 9.17) is 17.4 Å². The lowest BCUT2D eigenvalue weighted by Gasteiger charge is -2.37. The average molecular weight is 305 g/mol. The van der Waals surface area contributed by atoms with E-state index in [0.717, 1.165) is 42.7 Å². The van der Waals surface area contributed by atoms with Crippen molar-refractivity contribution in [1.29, 1.82) is 0 Å². The highest BCUT2D eigenvalue weighted by Gasteiger charge is 2.19. The number of hydrogen-bond acceptors (Lipinski definition) is 6. The summed E-state index contributed by atoms with van der Waals surface area (Å²) >= 11 is 6.25. The van der Waals surface area contributed by atoms with Crippen molar-refractivity contribution in [2.45, 2.75) is 0 Å². The number of aromatic nitrogens is 2. The smallest absolute Gasteiger partial charge is 0.239 e. The summed E-state index contributed by atoms with van der Waals surface area (Å²) in [5.74, 6) is 6.66. The first-order valence-corrected chi connectivity index (χ1v) is 7.20. The third-order valence-electron chi connectivity index (χ3n) is 3.57. The average Bonchev–Trinajstić information content (AvgIpc) is 2.56. The SMILES string of the molecule is NNc1nccc(N2CCN(c3ccccc3Cl)CC2)n1. The number of anilines is 3. The standard InChI is InChI=1S/C14H17ClN6/c15-11-3-1-2-4-12(11)20-7-9-21(10-8-20)13-5-6-17-14(18-13)19-16/h1-6H,7-10,16H2,(H,17,18,19). The number of nitrogens with one attached hydrogen (secondary N) is 1. The molecule has 7 heteroatoms. The molecular formula is C14H17ClN6. The van der Waals surface area contributed by atoms with Crippen LogP contribution in [0.5, 0.6) is 0 Å². The van der Waals surface area contributed by atoms with E-state index in [-0.39, 0.29) is 0 Å². The fourth-order valence-corrected chi connectivity index (χ4v) is 2.73. The molecular weight excluding hydrogens is 288 g/mol. The van der Waals surface area contributed by atoms with Crippen molar-refractivity contribution in [2.75, 3.05) is 41.4 Å². The lowest BCUT2D eigenvalue weighted by molar-refractivity contribution is 0.647. The highest BCUT2D eigenvalue weighted by molar-refractivity contribution is 6.33. The molecule has 1 aliphatic heterocycles. The molecule has 1 saturated heterocycles. The number of benzene rings is 1. The molecule has 110 valence electrons. The number of para-hydroxylation sites is 1. The van der Waals surface area contributed by atoms with E-state index in [1.807, 2.05) is 24.3 Å². The van der Waals surface area contributed by atoms with Crippen LogP contribution in [0.3, 0.4) is 0 Å². The van der Waals surface area contributed by atoms with Crippen LogP contribution in [-0.4, -0.2) is 36.1 Å². The lowest BCUT2D eigenvalue weighted by Crippen LogP contribution is -2.47. The second-order valence-electron chi connectivity index (χ2n) is 4.81. The summed E-state index contributed by atoms with van der Waals surface area (Å²) in [7, 11) is 0. The van der Waals surface area contributed by atoms with Gasteiger partial charge in [-0.05, 0) is 18.2 Å². The summed E-state index contributed by atoms with van der Waals surface area (Å²) < 4.78 is 0. The minimum Gasteiger partial charge on any atom is -0.367 e. The van der Waals surface area contributed by atoms with E-state index in [1.165, 1.54) is 0 Å². The number of rotatable bonds is 3. The Kier molecular flexibility index (Phi) is 4.08. The predicted molar refractivity (Wildman–Crippen MR) is 85.7 cm³/mol. The van der Waals surface area contributed by atoms with Crippen molar-refractivity contribution in [2.24, 2.45) is 5.84 Å². The van der Waals surface area contributed by atoms with Gasteiger partial charge in [0, 0.05) is 32.4 Å². The van der Waals surface area contributed by atoms with Crippen LogP contribution in [0.4, 0.5) is 17.5 Å². The van der Waals surface area contributed by atoms with Gasteiger partial charge < -0.3 is 9.80 Å². The van der Waals surface area contributed by atoms with Crippen molar-refractivity contribution >= 4 is 29.1 Å². The maximum Gasteiger partial charge on any atom is 0.239 e. The van der Waals surface area contributed by atoms with Gasteiger partial charge in [-0.2, -0.15) is 4.98 Å². The van der Waals surface area contributed by atoms with Crippen LogP contribution in [0.2, 0.25) is 5.02 Å². The summed E-state index contributed by atoms with van der Waals surface area (Å²) in [6.45, 7) is 3.57. The largest absolute Gasteiger partial charge is 0.367 e. The van der Waals surface area contributed by atoms with Crippen molar-refractivity contribution in [3.05, 3.63) is 41.6 Å². The van der Waals surface area contributed by atoms with E-state index in [9.17, 15) is 0 Å². The molecule has 6 nitrogen and oxygen atoms in total. The van der Waals surface area contributed by atoms with Gasteiger partial charge in [0.2, 0.25) is 5.95 Å². The number of nitrogens with two attached hydrogens (primary N) is 1. The molecule has 0 aliphatic carbocycles. The summed E-state index contributed by atoms with van der Waals surface area (Å²) in [6, 6.07) is 9.83. The van der Waals surface area contributed by atoms with Crippen molar-refractivity contribution in [3.8, 4) is 0 Å².